The molecular formula is C24H23N5O6. The number of ether oxygens (including phenoxy) is 2. The lowest BCUT2D eigenvalue weighted by atomic mass is 9.89. The largest absolute Gasteiger partial charge is 0.493 e. The second-order valence-corrected chi connectivity index (χ2v) is 8.43. The lowest BCUT2D eigenvalue weighted by molar-refractivity contribution is -0.121. The van der Waals surface area contributed by atoms with Crippen LogP contribution in [-0.4, -0.2) is 37.3 Å². The molecule has 0 saturated carbocycles. The molecule has 4 aromatic rings. The Bertz CT molecular complexity index is 1460. The Balaban J connectivity index is 1.48. The van der Waals surface area contributed by atoms with Crippen LogP contribution in [0.5, 0.6) is 17.4 Å². The predicted molar refractivity (Wildman–Crippen MR) is 122 cm³/mol. The number of aromatic nitrogens is 4. The first-order valence-corrected chi connectivity index (χ1v) is 11.1. The number of nitrogens with one attached hydrogen (secondary N) is 1. The maximum Gasteiger partial charge on any atom is 0.265 e. The number of hydrogen-bond donors (Lipinski definition) is 2. The summed E-state index contributed by atoms with van der Waals surface area (Å²) >= 11 is 0. The molecule has 1 atom stereocenters. The highest BCUT2D eigenvalue weighted by Crippen LogP contribution is 2.38. The van der Waals surface area contributed by atoms with E-state index in [1.807, 2.05) is 13.8 Å². The molecule has 1 aromatic carbocycles. The highest BCUT2D eigenvalue weighted by Gasteiger charge is 2.28. The molecule has 1 aliphatic rings. The van der Waals surface area contributed by atoms with Crippen LogP contribution in [0.1, 0.15) is 54.9 Å². The average Bonchev–Trinajstić information content (AvgIpc) is 3.51. The molecule has 0 spiro atoms. The lowest BCUT2D eigenvalue weighted by Crippen LogP contribution is -2.28. The Kier molecular flexibility index (Phi) is 5.81. The Hall–Kier alpha value is -4.41. The fourth-order valence-corrected chi connectivity index (χ4v) is 3.92. The van der Waals surface area contributed by atoms with Gasteiger partial charge in [-0.25, -0.2) is 0 Å². The molecule has 4 heterocycles. The number of benzene rings is 1. The molecule has 1 unspecified atom stereocenters. The standard InChI is InChI=1S/C24H23N5O6/c1-13(2)22-27-20(35-28-22)11-25-19(30)10-15(14-6-7-16-17(9-14)34-12-33-16)21-23(31)26-18-5-3-4-8-29(18)24(21)32/h3-9,13,15,31H,10-12H2,1-2H3,(H,25,30). The molecule has 11 heteroatoms. The first kappa shape index (κ1) is 22.4. The van der Waals surface area contributed by atoms with Crippen molar-refractivity contribution in [2.45, 2.75) is 38.6 Å². The third kappa shape index (κ3) is 4.39. The van der Waals surface area contributed by atoms with E-state index in [1.165, 1.54) is 4.40 Å². The van der Waals surface area contributed by atoms with Crippen molar-refractivity contribution in [2.75, 3.05) is 6.79 Å². The quantitative estimate of drug-likeness (QED) is 0.410. The molecule has 3 aromatic heterocycles. The van der Waals surface area contributed by atoms with Gasteiger partial charge in [-0.3, -0.25) is 14.0 Å². The molecule has 1 amide bonds. The van der Waals surface area contributed by atoms with Crippen LogP contribution in [-0.2, 0) is 11.3 Å². The van der Waals surface area contributed by atoms with Crippen molar-refractivity contribution in [3.8, 4) is 17.4 Å². The molecule has 35 heavy (non-hydrogen) atoms. The normalized spacial score (nSPS) is 13.3. The summed E-state index contributed by atoms with van der Waals surface area (Å²) in [5.74, 6) is 0.347. The van der Waals surface area contributed by atoms with E-state index in [0.29, 0.717) is 28.5 Å². The summed E-state index contributed by atoms with van der Waals surface area (Å²) in [6, 6.07) is 10.2. The van der Waals surface area contributed by atoms with Crippen LogP contribution in [0.15, 0.2) is 51.9 Å². The highest BCUT2D eigenvalue weighted by atomic mass is 16.7. The van der Waals surface area contributed by atoms with Gasteiger partial charge in [0.05, 0.1) is 12.1 Å². The van der Waals surface area contributed by atoms with Gasteiger partial charge in [0.2, 0.25) is 24.5 Å². The van der Waals surface area contributed by atoms with E-state index in [2.05, 4.69) is 20.4 Å². The molecule has 11 nitrogen and oxygen atoms in total. The van der Waals surface area contributed by atoms with E-state index in [-0.39, 0.29) is 43.0 Å². The van der Waals surface area contributed by atoms with E-state index < -0.39 is 17.4 Å². The fraction of sp³-hybridized carbons (Fsp3) is 0.292. The Morgan fingerprint density at radius 1 is 1.17 bits per heavy atom. The van der Waals surface area contributed by atoms with Gasteiger partial charge in [-0.15, -0.1) is 0 Å². The zero-order chi connectivity index (χ0) is 24.5. The van der Waals surface area contributed by atoms with Gasteiger partial charge in [0.15, 0.2) is 17.3 Å². The third-order valence-electron chi connectivity index (χ3n) is 5.72. The number of carbonyl (C=O) groups excluding carboxylic acids is 1. The Morgan fingerprint density at radius 2 is 2.00 bits per heavy atom. The van der Waals surface area contributed by atoms with E-state index in [4.69, 9.17) is 14.0 Å². The summed E-state index contributed by atoms with van der Waals surface area (Å²) in [7, 11) is 0. The molecular weight excluding hydrogens is 454 g/mol. The van der Waals surface area contributed by atoms with Crippen molar-refractivity contribution < 1.29 is 23.9 Å². The summed E-state index contributed by atoms with van der Waals surface area (Å²) in [6.07, 6.45) is 1.42. The van der Waals surface area contributed by atoms with E-state index in [9.17, 15) is 14.7 Å². The molecule has 1 aliphatic heterocycles. The Labute approximate surface area is 199 Å². The number of fused-ring (bicyclic) bond motifs is 2. The molecule has 0 saturated heterocycles. The van der Waals surface area contributed by atoms with Crippen molar-refractivity contribution in [3.05, 3.63) is 75.8 Å². The van der Waals surface area contributed by atoms with Crippen LogP contribution < -0.4 is 20.3 Å². The van der Waals surface area contributed by atoms with Crippen LogP contribution in [0, 0.1) is 0 Å². The minimum Gasteiger partial charge on any atom is -0.493 e. The van der Waals surface area contributed by atoms with Gasteiger partial charge in [-0.2, -0.15) is 9.97 Å². The molecule has 0 radical (unpaired) electrons. The summed E-state index contributed by atoms with van der Waals surface area (Å²) in [5.41, 5.74) is 0.420. The van der Waals surface area contributed by atoms with Gasteiger partial charge in [-0.1, -0.05) is 31.1 Å². The third-order valence-corrected chi connectivity index (χ3v) is 5.72. The van der Waals surface area contributed by atoms with Gasteiger partial charge in [0.25, 0.3) is 5.56 Å². The minimum absolute atomic E-state index is 0.00241. The maximum absolute atomic E-state index is 13.4. The van der Waals surface area contributed by atoms with Gasteiger partial charge in [-0.05, 0) is 29.8 Å². The summed E-state index contributed by atoms with van der Waals surface area (Å²) in [5, 5.41) is 17.4. The first-order chi connectivity index (χ1) is 16.9. The maximum atomic E-state index is 13.4. The van der Waals surface area contributed by atoms with Crippen molar-refractivity contribution in [1.29, 1.82) is 0 Å². The van der Waals surface area contributed by atoms with Gasteiger partial charge < -0.3 is 24.4 Å². The van der Waals surface area contributed by atoms with Crippen LogP contribution in [0.2, 0.25) is 0 Å². The topological polar surface area (TPSA) is 141 Å². The smallest absolute Gasteiger partial charge is 0.265 e. The second-order valence-electron chi connectivity index (χ2n) is 8.43. The predicted octanol–water partition coefficient (Wildman–Crippen LogP) is 2.47. The lowest BCUT2D eigenvalue weighted by Gasteiger charge is -2.18. The summed E-state index contributed by atoms with van der Waals surface area (Å²) in [4.78, 5) is 34.8. The van der Waals surface area contributed by atoms with Crippen molar-refractivity contribution in [3.63, 3.8) is 0 Å². The molecule has 0 aliphatic carbocycles. The van der Waals surface area contributed by atoms with Crippen molar-refractivity contribution in [2.24, 2.45) is 0 Å². The molecule has 0 fully saturated rings. The summed E-state index contributed by atoms with van der Waals surface area (Å²) in [6.45, 7) is 3.99. The number of nitrogens with zero attached hydrogens (tertiary/aromatic N) is 4. The molecule has 5 rings (SSSR count). The number of pyridine rings is 1. The minimum atomic E-state index is -0.810. The average molecular weight is 477 g/mol. The number of amides is 1. The fourth-order valence-electron chi connectivity index (χ4n) is 3.92. The zero-order valence-corrected chi connectivity index (χ0v) is 19.1. The number of carbonyl (C=O) groups is 1. The van der Waals surface area contributed by atoms with Crippen LogP contribution >= 0.6 is 0 Å². The Morgan fingerprint density at radius 3 is 2.80 bits per heavy atom. The van der Waals surface area contributed by atoms with Crippen molar-refractivity contribution >= 4 is 11.6 Å². The highest BCUT2D eigenvalue weighted by molar-refractivity contribution is 5.77. The van der Waals surface area contributed by atoms with E-state index >= 15 is 0 Å². The molecule has 0 bridgehead atoms. The summed E-state index contributed by atoms with van der Waals surface area (Å²) < 4.78 is 17.4. The molecule has 2 N–H and O–H groups in total. The van der Waals surface area contributed by atoms with E-state index in [0.717, 1.165) is 0 Å². The number of rotatable bonds is 7. The van der Waals surface area contributed by atoms with Gasteiger partial charge in [0, 0.05) is 24.5 Å². The van der Waals surface area contributed by atoms with Gasteiger partial charge >= 0.3 is 0 Å². The monoisotopic (exact) mass is 477 g/mol. The van der Waals surface area contributed by atoms with Gasteiger partial charge in [0.1, 0.15) is 5.65 Å². The SMILES string of the molecule is CC(C)c1noc(CNC(=O)CC(c2ccc3c(c2)OCO3)c2c(O)nc3ccccn3c2=O)n1. The van der Waals surface area contributed by atoms with Crippen molar-refractivity contribution in [1.82, 2.24) is 24.8 Å². The van der Waals surface area contributed by atoms with Crippen LogP contribution in [0.25, 0.3) is 5.65 Å². The number of hydrogen-bond acceptors (Lipinski definition) is 9. The first-order valence-electron chi connectivity index (χ1n) is 11.1. The van der Waals surface area contributed by atoms with E-state index in [1.54, 1.807) is 42.6 Å². The zero-order valence-electron chi connectivity index (χ0n) is 19.1. The number of aromatic hydroxyl groups is 1. The molecule has 180 valence electrons. The van der Waals surface area contributed by atoms with Crippen LogP contribution in [0.3, 0.4) is 0 Å². The second kappa shape index (κ2) is 9.09. The van der Waals surface area contributed by atoms with Crippen LogP contribution in [0.4, 0.5) is 0 Å².